The number of nitro benzene ring substituents is 1. The molecule has 2 aromatic carbocycles. The largest absolute Gasteiger partial charge is 0.379 e. The second kappa shape index (κ2) is 7.88. The normalized spacial score (nSPS) is 11.3. The lowest BCUT2D eigenvalue weighted by atomic mass is 10.1. The first-order chi connectivity index (χ1) is 11.7. The van der Waals surface area contributed by atoms with Crippen molar-refractivity contribution in [2.45, 2.75) is 23.6 Å². The van der Waals surface area contributed by atoms with Crippen LogP contribution < -0.4 is 5.32 Å². The van der Waals surface area contributed by atoms with Crippen LogP contribution in [-0.2, 0) is 9.84 Å². The number of nitro groups is 1. The molecular formula is C17H20N2O4S2. The molecule has 0 heterocycles. The lowest BCUT2D eigenvalue weighted by Gasteiger charge is -2.09. The highest BCUT2D eigenvalue weighted by Gasteiger charge is 2.18. The minimum Gasteiger partial charge on any atom is -0.379 e. The van der Waals surface area contributed by atoms with Crippen molar-refractivity contribution in [2.24, 2.45) is 0 Å². The average molecular weight is 380 g/mol. The molecule has 0 bridgehead atoms. The monoisotopic (exact) mass is 380 g/mol. The van der Waals surface area contributed by atoms with Gasteiger partial charge in [0.1, 0.15) is 5.69 Å². The lowest BCUT2D eigenvalue weighted by molar-refractivity contribution is -0.384. The van der Waals surface area contributed by atoms with E-state index in [0.29, 0.717) is 12.2 Å². The van der Waals surface area contributed by atoms with Crippen molar-refractivity contribution in [3.63, 3.8) is 0 Å². The number of hydrogen-bond acceptors (Lipinski definition) is 6. The van der Waals surface area contributed by atoms with Gasteiger partial charge in [0, 0.05) is 29.5 Å². The van der Waals surface area contributed by atoms with Crippen LogP contribution >= 0.6 is 11.8 Å². The molecule has 0 atom stereocenters. The van der Waals surface area contributed by atoms with Gasteiger partial charge in [-0.15, -0.1) is 11.8 Å². The van der Waals surface area contributed by atoms with Gasteiger partial charge < -0.3 is 5.32 Å². The van der Waals surface area contributed by atoms with Gasteiger partial charge in [-0.05, 0) is 49.2 Å². The minimum absolute atomic E-state index is 0.0609. The maximum Gasteiger partial charge on any atom is 0.293 e. The number of rotatable bonds is 7. The summed E-state index contributed by atoms with van der Waals surface area (Å²) in [7, 11) is -3.48. The van der Waals surface area contributed by atoms with Crippen LogP contribution in [0.25, 0.3) is 0 Å². The van der Waals surface area contributed by atoms with Gasteiger partial charge in [0.05, 0.1) is 9.82 Å². The molecule has 0 amide bonds. The molecule has 0 unspecified atom stereocenters. The van der Waals surface area contributed by atoms with Gasteiger partial charge in [0.2, 0.25) is 0 Å². The van der Waals surface area contributed by atoms with Crippen molar-refractivity contribution < 1.29 is 13.3 Å². The third-order valence-electron chi connectivity index (χ3n) is 3.76. The third-order valence-corrected chi connectivity index (χ3v) is 5.86. The first-order valence-electron chi connectivity index (χ1n) is 7.61. The van der Waals surface area contributed by atoms with Gasteiger partial charge in [0.15, 0.2) is 9.84 Å². The molecule has 0 radical (unpaired) electrons. The van der Waals surface area contributed by atoms with Crippen molar-refractivity contribution in [3.8, 4) is 0 Å². The number of sulfone groups is 1. The van der Waals surface area contributed by atoms with Crippen molar-refractivity contribution in [3.05, 3.63) is 57.6 Å². The first-order valence-corrected chi connectivity index (χ1v) is 10.5. The number of nitrogens with one attached hydrogen (secondary N) is 1. The van der Waals surface area contributed by atoms with Gasteiger partial charge >= 0.3 is 0 Å². The zero-order valence-corrected chi connectivity index (χ0v) is 15.9. The Morgan fingerprint density at radius 1 is 1.12 bits per heavy atom. The summed E-state index contributed by atoms with van der Waals surface area (Å²) in [4.78, 5) is 11.7. The van der Waals surface area contributed by atoms with Crippen molar-refractivity contribution in [2.75, 3.05) is 23.9 Å². The number of hydrogen-bond donors (Lipinski definition) is 1. The fraction of sp³-hybridized carbons (Fsp3) is 0.294. The van der Waals surface area contributed by atoms with Crippen LogP contribution in [0.5, 0.6) is 0 Å². The number of anilines is 1. The Bertz CT molecular complexity index is 896. The maximum absolute atomic E-state index is 11.5. The van der Waals surface area contributed by atoms with E-state index in [2.05, 4.69) is 37.4 Å². The van der Waals surface area contributed by atoms with Crippen LogP contribution in [0.2, 0.25) is 0 Å². The molecule has 0 aliphatic carbocycles. The van der Waals surface area contributed by atoms with E-state index in [1.165, 1.54) is 23.3 Å². The molecule has 0 spiro atoms. The topological polar surface area (TPSA) is 89.3 Å². The first kappa shape index (κ1) is 19.3. The van der Waals surface area contributed by atoms with Crippen LogP contribution in [0.4, 0.5) is 11.4 Å². The fourth-order valence-corrected chi connectivity index (χ4v) is 3.71. The molecule has 134 valence electrons. The molecule has 1 N–H and O–H groups in total. The standard InChI is InChI=1S/C17H20N2O4S2/c1-12-4-5-14(10-13(12)2)24-9-8-18-16-7-6-15(25(3,22)23)11-17(16)19(20)21/h4-7,10-11,18H,8-9H2,1-3H3. The maximum atomic E-state index is 11.5. The molecule has 0 saturated carbocycles. The smallest absolute Gasteiger partial charge is 0.293 e. The van der Waals surface area contributed by atoms with E-state index in [9.17, 15) is 18.5 Å². The number of benzene rings is 2. The Hall–Kier alpha value is -2.06. The summed E-state index contributed by atoms with van der Waals surface area (Å²) < 4.78 is 23.1. The van der Waals surface area contributed by atoms with E-state index in [1.807, 2.05) is 0 Å². The molecule has 0 aliphatic rings. The molecule has 8 heteroatoms. The van der Waals surface area contributed by atoms with Gasteiger partial charge in [-0.1, -0.05) is 6.07 Å². The number of thioether (sulfide) groups is 1. The van der Waals surface area contributed by atoms with E-state index < -0.39 is 14.8 Å². The summed E-state index contributed by atoms with van der Waals surface area (Å²) in [6.45, 7) is 4.64. The van der Waals surface area contributed by atoms with Crippen LogP contribution in [0, 0.1) is 24.0 Å². The summed E-state index contributed by atoms with van der Waals surface area (Å²) in [6, 6.07) is 10.1. The number of aryl methyl sites for hydroxylation is 2. The van der Waals surface area contributed by atoms with Crippen LogP contribution in [0.1, 0.15) is 11.1 Å². The average Bonchev–Trinajstić information content (AvgIpc) is 2.53. The molecule has 0 fully saturated rings. The molecule has 6 nitrogen and oxygen atoms in total. The fourth-order valence-electron chi connectivity index (χ4n) is 2.20. The second-order valence-corrected chi connectivity index (χ2v) is 8.91. The predicted octanol–water partition coefficient (Wildman–Crippen LogP) is 3.82. The number of nitrogens with zero attached hydrogens (tertiary/aromatic N) is 1. The Kier molecular flexibility index (Phi) is 6.07. The molecule has 0 aromatic heterocycles. The van der Waals surface area contributed by atoms with E-state index in [-0.39, 0.29) is 10.6 Å². The van der Waals surface area contributed by atoms with Gasteiger partial charge in [0.25, 0.3) is 5.69 Å². The highest BCUT2D eigenvalue weighted by Crippen LogP contribution is 2.28. The zero-order chi connectivity index (χ0) is 18.6. The quantitative estimate of drug-likeness (QED) is 0.340. The Labute approximate surface area is 151 Å². The SMILES string of the molecule is Cc1ccc(SCCNc2ccc(S(C)(=O)=O)cc2[N+](=O)[O-])cc1C. The van der Waals surface area contributed by atoms with E-state index in [1.54, 1.807) is 11.8 Å². The van der Waals surface area contributed by atoms with Crippen molar-refractivity contribution in [1.82, 2.24) is 0 Å². The van der Waals surface area contributed by atoms with Crippen molar-refractivity contribution >= 4 is 33.0 Å². The van der Waals surface area contributed by atoms with Crippen molar-refractivity contribution in [1.29, 1.82) is 0 Å². The van der Waals surface area contributed by atoms with Crippen LogP contribution in [0.3, 0.4) is 0 Å². The summed E-state index contributed by atoms with van der Waals surface area (Å²) in [5.41, 5.74) is 2.55. The summed E-state index contributed by atoms with van der Waals surface area (Å²) >= 11 is 1.66. The molecule has 25 heavy (non-hydrogen) atoms. The van der Waals surface area contributed by atoms with Crippen LogP contribution in [0.15, 0.2) is 46.2 Å². The highest BCUT2D eigenvalue weighted by atomic mass is 32.2. The Balaban J connectivity index is 2.02. The van der Waals surface area contributed by atoms with Gasteiger partial charge in [-0.3, -0.25) is 10.1 Å². The van der Waals surface area contributed by atoms with E-state index in [0.717, 1.165) is 23.0 Å². The van der Waals surface area contributed by atoms with Crippen LogP contribution in [-0.4, -0.2) is 31.9 Å². The Morgan fingerprint density at radius 2 is 1.84 bits per heavy atom. The van der Waals surface area contributed by atoms with E-state index in [4.69, 9.17) is 0 Å². The third kappa shape index (κ3) is 5.20. The molecule has 2 aromatic rings. The molecular weight excluding hydrogens is 360 g/mol. The summed E-state index contributed by atoms with van der Waals surface area (Å²) in [5, 5.41) is 14.2. The molecule has 2 rings (SSSR count). The van der Waals surface area contributed by atoms with Gasteiger partial charge in [-0.25, -0.2) is 8.42 Å². The van der Waals surface area contributed by atoms with E-state index >= 15 is 0 Å². The molecule has 0 saturated heterocycles. The summed E-state index contributed by atoms with van der Waals surface area (Å²) in [5.74, 6) is 0.730. The lowest BCUT2D eigenvalue weighted by Crippen LogP contribution is -2.07. The minimum atomic E-state index is -3.48. The second-order valence-electron chi connectivity index (χ2n) is 5.73. The Morgan fingerprint density at radius 3 is 2.44 bits per heavy atom. The summed E-state index contributed by atoms with van der Waals surface area (Å²) in [6.07, 6.45) is 1.03. The predicted molar refractivity (Wildman–Crippen MR) is 101 cm³/mol. The highest BCUT2D eigenvalue weighted by molar-refractivity contribution is 7.99. The molecule has 0 aliphatic heterocycles. The van der Waals surface area contributed by atoms with Gasteiger partial charge in [-0.2, -0.15) is 0 Å². The zero-order valence-electron chi connectivity index (χ0n) is 14.3.